The van der Waals surface area contributed by atoms with Gasteiger partial charge in [-0.25, -0.2) is 4.98 Å². The summed E-state index contributed by atoms with van der Waals surface area (Å²) in [4.78, 5) is 27.9. The molecule has 7 heteroatoms. The summed E-state index contributed by atoms with van der Waals surface area (Å²) >= 11 is 0. The highest BCUT2D eigenvalue weighted by atomic mass is 16.5. The smallest absolute Gasteiger partial charge is 0.240 e. The Morgan fingerprint density at radius 3 is 2.68 bits per heavy atom. The van der Waals surface area contributed by atoms with Gasteiger partial charge in [0.15, 0.2) is 0 Å². The van der Waals surface area contributed by atoms with Gasteiger partial charge in [-0.15, -0.1) is 0 Å². The number of rotatable bonds is 11. The Balaban J connectivity index is 2.21. The summed E-state index contributed by atoms with van der Waals surface area (Å²) in [7, 11) is 0. The van der Waals surface area contributed by atoms with Crippen LogP contribution in [0.1, 0.15) is 50.3 Å². The number of imidazole rings is 1. The first-order chi connectivity index (χ1) is 13.4. The van der Waals surface area contributed by atoms with Crippen molar-refractivity contribution >= 4 is 12.2 Å². The van der Waals surface area contributed by atoms with Crippen LogP contribution in [0.2, 0.25) is 0 Å². The summed E-state index contributed by atoms with van der Waals surface area (Å²) < 4.78 is 7.85. The van der Waals surface area contributed by atoms with Crippen LogP contribution in [0.25, 0.3) is 0 Å². The third-order valence-electron chi connectivity index (χ3n) is 4.40. The van der Waals surface area contributed by atoms with E-state index in [1.807, 2.05) is 41.8 Å². The van der Waals surface area contributed by atoms with Crippen molar-refractivity contribution in [3.63, 3.8) is 0 Å². The monoisotopic (exact) mass is 386 g/mol. The molecule has 0 saturated heterocycles. The number of carbonyl (C=O) groups is 2. The number of amides is 1. The molecular weight excluding hydrogens is 356 g/mol. The highest BCUT2D eigenvalue weighted by Gasteiger charge is 2.28. The van der Waals surface area contributed by atoms with Crippen LogP contribution in [0.3, 0.4) is 0 Å². The molecule has 0 aliphatic rings. The maximum Gasteiger partial charge on any atom is 0.240 e. The lowest BCUT2D eigenvalue weighted by Gasteiger charge is -2.25. The molecule has 1 amide bonds. The molecule has 1 aromatic heterocycles. The van der Waals surface area contributed by atoms with Crippen molar-refractivity contribution in [2.75, 3.05) is 6.61 Å². The quantitative estimate of drug-likeness (QED) is 0.577. The molecule has 0 aliphatic heterocycles. The van der Waals surface area contributed by atoms with E-state index in [0.29, 0.717) is 25.4 Å². The van der Waals surface area contributed by atoms with Crippen LogP contribution in [0.4, 0.5) is 0 Å². The van der Waals surface area contributed by atoms with E-state index in [9.17, 15) is 9.59 Å². The molecule has 152 valence electrons. The minimum atomic E-state index is -1.02. The lowest BCUT2D eigenvalue weighted by atomic mass is 10.1. The summed E-state index contributed by atoms with van der Waals surface area (Å²) in [5, 5.41) is 2.95. The van der Waals surface area contributed by atoms with Crippen LogP contribution in [0.15, 0.2) is 36.5 Å². The van der Waals surface area contributed by atoms with Gasteiger partial charge in [0, 0.05) is 24.9 Å². The van der Waals surface area contributed by atoms with Crippen molar-refractivity contribution in [2.45, 2.75) is 58.3 Å². The minimum absolute atomic E-state index is 0.248. The average Bonchev–Trinajstić information content (AvgIpc) is 3.08. The molecule has 1 heterocycles. The van der Waals surface area contributed by atoms with Crippen LogP contribution in [0, 0.1) is 0 Å². The molecular formula is C21H30N4O3. The van der Waals surface area contributed by atoms with Crippen molar-refractivity contribution in [1.82, 2.24) is 14.9 Å². The van der Waals surface area contributed by atoms with Crippen molar-refractivity contribution in [3.05, 3.63) is 53.6 Å². The Morgan fingerprint density at radius 1 is 1.36 bits per heavy atom. The number of nitrogens with two attached hydrogens (primary N) is 1. The summed E-state index contributed by atoms with van der Waals surface area (Å²) in [5.74, 6) is 0.383. The van der Waals surface area contributed by atoms with Crippen LogP contribution in [0.5, 0.6) is 0 Å². The lowest BCUT2D eigenvalue weighted by molar-refractivity contribution is -0.126. The number of hydrogen-bond donors (Lipinski definition) is 2. The second-order valence-electron chi connectivity index (χ2n) is 7.32. The van der Waals surface area contributed by atoms with Gasteiger partial charge >= 0.3 is 0 Å². The Hall–Kier alpha value is -2.51. The molecule has 0 fully saturated rings. The van der Waals surface area contributed by atoms with E-state index in [0.717, 1.165) is 24.0 Å². The predicted molar refractivity (Wildman–Crippen MR) is 108 cm³/mol. The van der Waals surface area contributed by atoms with Gasteiger partial charge in [0.1, 0.15) is 18.2 Å². The first-order valence-corrected chi connectivity index (χ1v) is 9.56. The van der Waals surface area contributed by atoms with Crippen LogP contribution in [-0.2, 0) is 33.9 Å². The van der Waals surface area contributed by atoms with Gasteiger partial charge in [-0.1, -0.05) is 37.3 Å². The van der Waals surface area contributed by atoms with E-state index < -0.39 is 11.6 Å². The van der Waals surface area contributed by atoms with Crippen LogP contribution >= 0.6 is 0 Å². The van der Waals surface area contributed by atoms with E-state index in [2.05, 4.69) is 10.3 Å². The fraction of sp³-hybridized carbons (Fsp3) is 0.476. The minimum Gasteiger partial charge on any atom is -0.374 e. The van der Waals surface area contributed by atoms with Gasteiger partial charge in [-0.3, -0.25) is 4.79 Å². The van der Waals surface area contributed by atoms with Gasteiger partial charge in [0.25, 0.3) is 0 Å². The van der Waals surface area contributed by atoms with E-state index in [1.165, 1.54) is 0 Å². The van der Waals surface area contributed by atoms with Gasteiger partial charge in [0.05, 0.1) is 18.8 Å². The first kappa shape index (κ1) is 21.8. The number of hydrogen-bond acceptors (Lipinski definition) is 5. The second-order valence-corrected chi connectivity index (χ2v) is 7.32. The zero-order chi connectivity index (χ0) is 20.6. The number of aldehydes is 1. The number of ether oxygens (including phenoxy) is 1. The van der Waals surface area contributed by atoms with Gasteiger partial charge in [-0.05, 0) is 25.8 Å². The molecule has 0 bridgehead atoms. The van der Waals surface area contributed by atoms with Gasteiger partial charge in [-0.2, -0.15) is 0 Å². The highest BCUT2D eigenvalue weighted by Crippen LogP contribution is 2.18. The van der Waals surface area contributed by atoms with Gasteiger partial charge < -0.3 is 25.1 Å². The maximum absolute atomic E-state index is 12.5. The Labute approximate surface area is 166 Å². The third kappa shape index (κ3) is 6.00. The number of aromatic nitrogens is 2. The van der Waals surface area contributed by atoms with E-state index >= 15 is 0 Å². The molecule has 1 aromatic carbocycles. The van der Waals surface area contributed by atoms with Gasteiger partial charge in [0.2, 0.25) is 5.91 Å². The SMILES string of the molecule is CCc1cnc([C@@H](COCc2ccccc2)NC(=O)C(C)(C)N)n1CCC=O. The van der Waals surface area contributed by atoms with E-state index in [4.69, 9.17) is 10.5 Å². The van der Waals surface area contributed by atoms with Crippen molar-refractivity contribution in [1.29, 1.82) is 0 Å². The fourth-order valence-corrected chi connectivity index (χ4v) is 2.82. The molecule has 0 unspecified atom stereocenters. The zero-order valence-corrected chi connectivity index (χ0v) is 16.9. The van der Waals surface area contributed by atoms with Crippen LogP contribution in [-0.4, -0.2) is 33.9 Å². The Bertz CT molecular complexity index is 766. The molecule has 2 aromatic rings. The summed E-state index contributed by atoms with van der Waals surface area (Å²) in [6.07, 6.45) is 3.82. The largest absolute Gasteiger partial charge is 0.374 e. The summed E-state index contributed by atoms with van der Waals surface area (Å²) in [5.41, 5.74) is 6.98. The third-order valence-corrected chi connectivity index (χ3v) is 4.40. The molecule has 0 radical (unpaired) electrons. The zero-order valence-electron chi connectivity index (χ0n) is 16.9. The first-order valence-electron chi connectivity index (χ1n) is 9.56. The molecule has 0 aliphatic carbocycles. The van der Waals surface area contributed by atoms with E-state index in [-0.39, 0.29) is 12.5 Å². The van der Waals surface area contributed by atoms with E-state index in [1.54, 1.807) is 20.0 Å². The molecule has 0 spiro atoms. The van der Waals surface area contributed by atoms with Crippen LogP contribution < -0.4 is 11.1 Å². The normalized spacial score (nSPS) is 12.6. The summed E-state index contributed by atoms with van der Waals surface area (Å²) in [6.45, 7) is 6.52. The van der Waals surface area contributed by atoms with Crippen molar-refractivity contribution in [2.24, 2.45) is 5.73 Å². The predicted octanol–water partition coefficient (Wildman–Crippen LogP) is 2.15. The fourth-order valence-electron chi connectivity index (χ4n) is 2.82. The Kier molecular flexibility index (Phi) is 7.90. The molecule has 0 saturated carbocycles. The number of aryl methyl sites for hydroxylation is 1. The molecule has 3 N–H and O–H groups in total. The maximum atomic E-state index is 12.5. The number of carbonyl (C=O) groups excluding carboxylic acids is 2. The second kappa shape index (κ2) is 10.1. The summed E-state index contributed by atoms with van der Waals surface area (Å²) in [6, 6.07) is 9.36. The molecule has 2 rings (SSSR count). The average molecular weight is 386 g/mol. The van der Waals surface area contributed by atoms with Crippen molar-refractivity contribution < 1.29 is 14.3 Å². The number of benzene rings is 1. The number of nitrogens with zero attached hydrogens (tertiary/aromatic N) is 2. The standard InChI is InChI=1S/C21H30N4O3/c1-4-17-13-23-19(25(17)11-8-12-26)18(24-20(27)21(2,3)22)15-28-14-16-9-6-5-7-10-16/h5-7,9-10,12-13,18H,4,8,11,14-15,22H2,1-3H3,(H,24,27)/t18-/m1/s1. The number of nitrogens with one attached hydrogen (secondary N) is 1. The topological polar surface area (TPSA) is 99.2 Å². The lowest BCUT2D eigenvalue weighted by Crippen LogP contribution is -2.51. The molecule has 28 heavy (non-hydrogen) atoms. The highest BCUT2D eigenvalue weighted by molar-refractivity contribution is 5.85. The molecule has 1 atom stereocenters. The van der Waals surface area contributed by atoms with Crippen molar-refractivity contribution in [3.8, 4) is 0 Å². The Morgan fingerprint density at radius 2 is 2.07 bits per heavy atom. The molecule has 7 nitrogen and oxygen atoms in total.